The van der Waals surface area contributed by atoms with E-state index in [9.17, 15) is 9.59 Å². The highest BCUT2D eigenvalue weighted by Crippen LogP contribution is 1.98. The molecule has 6 nitrogen and oxygen atoms in total. The number of hydrogen-bond acceptors (Lipinski definition) is 6. The van der Waals surface area contributed by atoms with Gasteiger partial charge in [0.15, 0.2) is 13.2 Å². The van der Waals surface area contributed by atoms with Gasteiger partial charge in [-0.15, -0.1) is 12.8 Å². The second kappa shape index (κ2) is 12.1. The summed E-state index contributed by atoms with van der Waals surface area (Å²) in [4.78, 5) is 21.7. The van der Waals surface area contributed by atoms with Gasteiger partial charge in [-0.05, 0) is 19.3 Å². The van der Waals surface area contributed by atoms with Gasteiger partial charge in [0.1, 0.15) is 0 Å². The first kappa shape index (κ1) is 16.7. The molecule has 0 atom stereocenters. The Labute approximate surface area is 112 Å². The molecule has 0 heterocycles. The first-order chi connectivity index (χ1) is 9.20. The maximum Gasteiger partial charge on any atom is 0.509 e. The van der Waals surface area contributed by atoms with Crippen LogP contribution >= 0.6 is 0 Å². The van der Waals surface area contributed by atoms with Crippen molar-refractivity contribution in [1.29, 1.82) is 0 Å². The van der Waals surface area contributed by atoms with Crippen LogP contribution in [-0.4, -0.2) is 38.7 Å². The molecule has 0 N–H and O–H groups in total. The summed E-state index contributed by atoms with van der Waals surface area (Å²) < 4.78 is 18.4. The summed E-state index contributed by atoms with van der Waals surface area (Å²) in [5.41, 5.74) is 0. The van der Waals surface area contributed by atoms with E-state index < -0.39 is 12.3 Å². The fourth-order valence-corrected chi connectivity index (χ4v) is 0.976. The number of unbranched alkanes of at least 4 members (excludes halogenated alkanes) is 2. The van der Waals surface area contributed by atoms with E-state index in [0.717, 1.165) is 6.42 Å². The third-order valence-electron chi connectivity index (χ3n) is 1.78. The van der Waals surface area contributed by atoms with Crippen molar-refractivity contribution < 1.29 is 28.5 Å². The quantitative estimate of drug-likeness (QED) is 0.379. The van der Waals surface area contributed by atoms with Crippen LogP contribution in [-0.2, 0) is 18.9 Å². The molecule has 0 radical (unpaired) electrons. The van der Waals surface area contributed by atoms with Crippen LogP contribution in [0.25, 0.3) is 0 Å². The Morgan fingerprint density at radius 1 is 0.737 bits per heavy atom. The largest absolute Gasteiger partial charge is 0.509 e. The summed E-state index contributed by atoms with van der Waals surface area (Å²) in [6, 6.07) is 0. The van der Waals surface area contributed by atoms with Crippen LogP contribution in [0.2, 0.25) is 0 Å². The molecule has 0 bridgehead atoms. The molecule has 0 aliphatic rings. The first-order valence-electron chi connectivity index (χ1n) is 5.66. The van der Waals surface area contributed by atoms with E-state index in [4.69, 9.17) is 22.3 Å². The van der Waals surface area contributed by atoms with Crippen LogP contribution in [0.3, 0.4) is 0 Å². The fraction of sp³-hybridized carbons (Fsp3) is 0.538. The van der Waals surface area contributed by atoms with Gasteiger partial charge < -0.3 is 18.9 Å². The standard InChI is InChI=1S/C13H16O6/c1-3-8-16-12(14)18-10-6-5-7-11-19-13(15)17-9-4-2/h1-2H,5-11H2. The second-order valence-corrected chi connectivity index (χ2v) is 3.24. The summed E-state index contributed by atoms with van der Waals surface area (Å²) in [6.45, 7) is 0.245. The Hall–Kier alpha value is -2.34. The molecule has 0 aliphatic carbocycles. The predicted molar refractivity (Wildman–Crippen MR) is 66.1 cm³/mol. The van der Waals surface area contributed by atoms with Crippen LogP contribution in [0.15, 0.2) is 0 Å². The molecule has 0 fully saturated rings. The molecule has 0 saturated carbocycles. The summed E-state index contributed by atoms with van der Waals surface area (Å²) in [7, 11) is 0. The molecule has 0 rings (SSSR count). The van der Waals surface area contributed by atoms with Crippen molar-refractivity contribution in [2.75, 3.05) is 26.4 Å². The minimum Gasteiger partial charge on any atom is -0.434 e. The molecule has 0 unspecified atom stereocenters. The average Bonchev–Trinajstić information content (AvgIpc) is 2.41. The third kappa shape index (κ3) is 11.9. The van der Waals surface area contributed by atoms with Crippen LogP contribution in [0, 0.1) is 24.7 Å². The number of hydrogen-bond donors (Lipinski definition) is 0. The topological polar surface area (TPSA) is 71.1 Å². The van der Waals surface area contributed by atoms with Crippen LogP contribution in [0.5, 0.6) is 0 Å². The molecule has 0 aromatic rings. The number of ether oxygens (including phenoxy) is 4. The molecule has 0 saturated heterocycles. The highest BCUT2D eigenvalue weighted by Gasteiger charge is 2.03. The van der Waals surface area contributed by atoms with Gasteiger partial charge in [-0.25, -0.2) is 9.59 Å². The van der Waals surface area contributed by atoms with Crippen molar-refractivity contribution in [2.45, 2.75) is 19.3 Å². The SMILES string of the molecule is C#CCOC(=O)OCCCCCOC(=O)OCC#C. The maximum absolute atomic E-state index is 10.8. The van der Waals surface area contributed by atoms with Crippen molar-refractivity contribution in [2.24, 2.45) is 0 Å². The molecule has 19 heavy (non-hydrogen) atoms. The number of terminal acetylenes is 2. The van der Waals surface area contributed by atoms with Gasteiger partial charge in [0.2, 0.25) is 0 Å². The Morgan fingerprint density at radius 3 is 1.53 bits per heavy atom. The second-order valence-electron chi connectivity index (χ2n) is 3.24. The van der Waals surface area contributed by atoms with Gasteiger partial charge in [-0.3, -0.25) is 0 Å². The minimum atomic E-state index is -0.785. The summed E-state index contributed by atoms with van der Waals surface area (Å²) in [5.74, 6) is 4.29. The Bertz CT molecular complexity index is 315. The van der Waals surface area contributed by atoms with Crippen LogP contribution in [0.1, 0.15) is 19.3 Å². The lowest BCUT2D eigenvalue weighted by atomic mass is 10.2. The first-order valence-corrected chi connectivity index (χ1v) is 5.66. The highest BCUT2D eigenvalue weighted by molar-refractivity contribution is 5.60. The Kier molecular flexibility index (Phi) is 10.6. The van der Waals surface area contributed by atoms with Gasteiger partial charge in [0.05, 0.1) is 13.2 Å². The molecule has 0 spiro atoms. The average molecular weight is 268 g/mol. The van der Waals surface area contributed by atoms with Gasteiger partial charge in [0, 0.05) is 0 Å². The molecule has 0 aromatic carbocycles. The van der Waals surface area contributed by atoms with Crippen molar-refractivity contribution >= 4 is 12.3 Å². The third-order valence-corrected chi connectivity index (χ3v) is 1.78. The van der Waals surface area contributed by atoms with E-state index in [-0.39, 0.29) is 26.4 Å². The minimum absolute atomic E-state index is 0.105. The Balaban J connectivity index is 3.28. The molecule has 104 valence electrons. The van der Waals surface area contributed by atoms with Crippen LogP contribution < -0.4 is 0 Å². The normalized spacial score (nSPS) is 8.74. The van der Waals surface area contributed by atoms with E-state index in [1.807, 2.05) is 0 Å². The molecule has 0 aromatic heterocycles. The lowest BCUT2D eigenvalue weighted by Gasteiger charge is -2.05. The van der Waals surface area contributed by atoms with Crippen molar-refractivity contribution in [3.63, 3.8) is 0 Å². The maximum atomic E-state index is 10.8. The zero-order valence-corrected chi connectivity index (χ0v) is 10.6. The fourth-order valence-electron chi connectivity index (χ4n) is 0.976. The van der Waals surface area contributed by atoms with E-state index >= 15 is 0 Å². The molecule has 0 amide bonds. The van der Waals surface area contributed by atoms with Gasteiger partial charge >= 0.3 is 12.3 Å². The van der Waals surface area contributed by atoms with Gasteiger partial charge in [-0.1, -0.05) is 11.8 Å². The van der Waals surface area contributed by atoms with E-state index in [0.29, 0.717) is 12.8 Å². The number of carbonyl (C=O) groups excluding carboxylic acids is 2. The van der Waals surface area contributed by atoms with Gasteiger partial charge in [-0.2, -0.15) is 0 Å². The van der Waals surface area contributed by atoms with Crippen molar-refractivity contribution in [3.8, 4) is 24.7 Å². The monoisotopic (exact) mass is 268 g/mol. The van der Waals surface area contributed by atoms with E-state index in [1.165, 1.54) is 0 Å². The summed E-state index contributed by atoms with van der Waals surface area (Å²) >= 11 is 0. The zero-order chi connectivity index (χ0) is 14.3. The molecular formula is C13H16O6. The lowest BCUT2D eigenvalue weighted by molar-refractivity contribution is 0.0589. The summed E-state index contributed by atoms with van der Waals surface area (Å²) in [6.07, 6.45) is 10.2. The van der Waals surface area contributed by atoms with E-state index in [1.54, 1.807) is 0 Å². The Morgan fingerprint density at radius 2 is 1.16 bits per heavy atom. The predicted octanol–water partition coefficient (Wildman–Crippen LogP) is 1.73. The lowest BCUT2D eigenvalue weighted by Crippen LogP contribution is -2.10. The number of carbonyl (C=O) groups is 2. The molecule has 6 heteroatoms. The van der Waals surface area contributed by atoms with Crippen LogP contribution in [0.4, 0.5) is 9.59 Å². The number of rotatable bonds is 8. The highest BCUT2D eigenvalue weighted by atomic mass is 16.7. The van der Waals surface area contributed by atoms with Gasteiger partial charge in [0.25, 0.3) is 0 Å². The van der Waals surface area contributed by atoms with Crippen molar-refractivity contribution in [1.82, 2.24) is 0 Å². The van der Waals surface area contributed by atoms with Crippen molar-refractivity contribution in [3.05, 3.63) is 0 Å². The zero-order valence-electron chi connectivity index (χ0n) is 10.6. The molecule has 0 aliphatic heterocycles. The van der Waals surface area contributed by atoms with E-state index in [2.05, 4.69) is 21.3 Å². The molecular weight excluding hydrogens is 252 g/mol. The smallest absolute Gasteiger partial charge is 0.434 e. The summed E-state index contributed by atoms with van der Waals surface area (Å²) in [5, 5.41) is 0.